The van der Waals surface area contributed by atoms with E-state index in [1.807, 2.05) is 0 Å². The largest absolute Gasteiger partial charge is 0.327 e. The number of nitrogens with one attached hydrogen (secondary N) is 1. The lowest BCUT2D eigenvalue weighted by Gasteiger charge is -2.29. The molecule has 1 heterocycles. The minimum Gasteiger partial charge on any atom is -0.327 e. The van der Waals surface area contributed by atoms with Gasteiger partial charge in [-0.15, -0.1) is 0 Å². The average molecular weight is 342 g/mol. The number of hydrogen-bond donors (Lipinski definition) is 2. The van der Waals surface area contributed by atoms with E-state index in [2.05, 4.69) is 10.2 Å². The van der Waals surface area contributed by atoms with Crippen LogP contribution in [0.4, 0.5) is 5.69 Å². The van der Waals surface area contributed by atoms with Crippen molar-refractivity contribution >= 4 is 34.8 Å². The summed E-state index contributed by atoms with van der Waals surface area (Å²) >= 11 is 11.8. The van der Waals surface area contributed by atoms with Crippen LogP contribution in [0, 0.1) is 11.8 Å². The Morgan fingerprint density at radius 3 is 2.82 bits per heavy atom. The van der Waals surface area contributed by atoms with Crippen LogP contribution in [0.25, 0.3) is 0 Å². The smallest absolute Gasteiger partial charge is 0.238 e. The number of nitrogens with two attached hydrogens (primary N) is 1. The number of carbonyl (C=O) groups is 1. The molecule has 3 unspecified atom stereocenters. The van der Waals surface area contributed by atoms with Gasteiger partial charge in [0.2, 0.25) is 5.91 Å². The molecule has 1 amide bonds. The van der Waals surface area contributed by atoms with Crippen LogP contribution >= 0.6 is 23.2 Å². The van der Waals surface area contributed by atoms with Crippen molar-refractivity contribution in [2.75, 3.05) is 25.0 Å². The van der Waals surface area contributed by atoms with E-state index in [1.54, 1.807) is 18.2 Å². The molecule has 0 aromatic heterocycles. The molecule has 1 saturated carbocycles. The summed E-state index contributed by atoms with van der Waals surface area (Å²) in [5, 5.41) is 3.80. The average Bonchev–Trinajstić information content (AvgIpc) is 2.87. The highest BCUT2D eigenvalue weighted by atomic mass is 35.5. The molecule has 1 aliphatic carbocycles. The Balaban J connectivity index is 1.55. The summed E-state index contributed by atoms with van der Waals surface area (Å²) in [6.07, 6.45) is 3.57. The lowest BCUT2D eigenvalue weighted by atomic mass is 9.78. The van der Waals surface area contributed by atoms with Gasteiger partial charge in [-0.05, 0) is 42.9 Å². The van der Waals surface area contributed by atoms with Crippen LogP contribution in [0.15, 0.2) is 18.2 Å². The first-order chi connectivity index (χ1) is 10.5. The molecule has 4 nitrogen and oxygen atoms in total. The number of benzene rings is 1. The topological polar surface area (TPSA) is 58.4 Å². The van der Waals surface area contributed by atoms with E-state index in [9.17, 15) is 4.79 Å². The van der Waals surface area contributed by atoms with Gasteiger partial charge in [0.15, 0.2) is 0 Å². The Labute approximate surface area is 140 Å². The lowest BCUT2D eigenvalue weighted by molar-refractivity contribution is -0.117. The molecule has 2 fully saturated rings. The first-order valence-electron chi connectivity index (χ1n) is 7.76. The molecule has 6 heteroatoms. The van der Waals surface area contributed by atoms with Crippen molar-refractivity contribution in [3.8, 4) is 0 Å². The van der Waals surface area contributed by atoms with E-state index in [0.29, 0.717) is 40.2 Å². The normalized spacial score (nSPS) is 28.4. The zero-order valence-electron chi connectivity index (χ0n) is 12.4. The van der Waals surface area contributed by atoms with Gasteiger partial charge in [0, 0.05) is 24.8 Å². The number of nitrogens with zero attached hydrogens (tertiary/aromatic N) is 1. The van der Waals surface area contributed by atoms with Crippen molar-refractivity contribution in [3.05, 3.63) is 28.2 Å². The Bertz CT molecular complexity index is 566. The monoisotopic (exact) mass is 341 g/mol. The second-order valence-electron chi connectivity index (χ2n) is 6.39. The molecule has 3 rings (SSSR count). The van der Waals surface area contributed by atoms with Crippen LogP contribution in [-0.2, 0) is 4.79 Å². The molecule has 1 aliphatic heterocycles. The molecule has 1 aromatic carbocycles. The molecule has 22 heavy (non-hydrogen) atoms. The first kappa shape index (κ1) is 16.1. The molecule has 0 radical (unpaired) electrons. The van der Waals surface area contributed by atoms with Gasteiger partial charge < -0.3 is 11.1 Å². The molecule has 1 saturated heterocycles. The van der Waals surface area contributed by atoms with Crippen LogP contribution in [0.5, 0.6) is 0 Å². The molecular formula is C16H21Cl2N3O. The maximum atomic E-state index is 12.2. The summed E-state index contributed by atoms with van der Waals surface area (Å²) in [5.74, 6) is 1.18. The van der Waals surface area contributed by atoms with Gasteiger partial charge in [-0.25, -0.2) is 0 Å². The summed E-state index contributed by atoms with van der Waals surface area (Å²) in [6.45, 7) is 2.31. The number of likely N-dealkylation sites (tertiary alicyclic amines) is 1. The molecule has 2 aliphatic rings. The Kier molecular flexibility index (Phi) is 4.93. The predicted octanol–water partition coefficient (Wildman–Crippen LogP) is 2.99. The van der Waals surface area contributed by atoms with E-state index < -0.39 is 0 Å². The number of halogens is 2. The van der Waals surface area contributed by atoms with Crippen LogP contribution in [0.3, 0.4) is 0 Å². The van der Waals surface area contributed by atoms with Crippen molar-refractivity contribution in [1.82, 2.24) is 4.90 Å². The van der Waals surface area contributed by atoms with Gasteiger partial charge in [0.25, 0.3) is 0 Å². The number of anilines is 1. The Morgan fingerprint density at radius 2 is 2.09 bits per heavy atom. The summed E-state index contributed by atoms with van der Waals surface area (Å²) in [4.78, 5) is 14.4. The van der Waals surface area contributed by atoms with Crippen molar-refractivity contribution in [2.45, 2.75) is 25.3 Å². The van der Waals surface area contributed by atoms with Crippen LogP contribution in [0.1, 0.15) is 19.3 Å². The number of rotatable bonds is 3. The molecule has 0 spiro atoms. The van der Waals surface area contributed by atoms with Crippen LogP contribution < -0.4 is 11.1 Å². The third kappa shape index (κ3) is 3.57. The summed E-state index contributed by atoms with van der Waals surface area (Å²) in [5.41, 5.74) is 6.89. The number of fused-ring (bicyclic) bond motifs is 1. The van der Waals surface area contributed by atoms with E-state index in [4.69, 9.17) is 28.9 Å². The number of carbonyl (C=O) groups excluding carboxylic acids is 1. The Hall–Kier alpha value is -0.810. The van der Waals surface area contributed by atoms with Crippen LogP contribution in [0.2, 0.25) is 10.0 Å². The summed E-state index contributed by atoms with van der Waals surface area (Å²) in [7, 11) is 0. The second kappa shape index (κ2) is 6.75. The van der Waals surface area contributed by atoms with Gasteiger partial charge in [-0.1, -0.05) is 29.6 Å². The van der Waals surface area contributed by atoms with Crippen molar-refractivity contribution in [3.63, 3.8) is 0 Å². The zero-order valence-corrected chi connectivity index (χ0v) is 13.9. The van der Waals surface area contributed by atoms with Crippen molar-refractivity contribution in [2.24, 2.45) is 17.6 Å². The second-order valence-corrected chi connectivity index (χ2v) is 7.20. The van der Waals surface area contributed by atoms with Gasteiger partial charge in [0.05, 0.1) is 16.6 Å². The van der Waals surface area contributed by atoms with Gasteiger partial charge in [0.1, 0.15) is 0 Å². The minimum absolute atomic E-state index is 0.0226. The van der Waals surface area contributed by atoms with E-state index in [1.165, 1.54) is 12.8 Å². The van der Waals surface area contributed by atoms with Crippen molar-refractivity contribution in [1.29, 1.82) is 0 Å². The minimum atomic E-state index is -0.0226. The molecular weight excluding hydrogens is 321 g/mol. The maximum absolute atomic E-state index is 12.2. The van der Waals surface area contributed by atoms with Gasteiger partial charge in [-0.2, -0.15) is 0 Å². The number of hydrogen-bond acceptors (Lipinski definition) is 3. The van der Waals surface area contributed by atoms with Gasteiger partial charge >= 0.3 is 0 Å². The fourth-order valence-electron chi connectivity index (χ4n) is 3.72. The molecule has 3 N–H and O–H groups in total. The fraction of sp³-hybridized carbons (Fsp3) is 0.562. The van der Waals surface area contributed by atoms with Gasteiger partial charge in [-0.3, -0.25) is 9.69 Å². The predicted molar refractivity (Wildman–Crippen MR) is 90.3 cm³/mol. The van der Waals surface area contributed by atoms with E-state index >= 15 is 0 Å². The summed E-state index contributed by atoms with van der Waals surface area (Å²) in [6, 6.07) is 5.40. The lowest BCUT2D eigenvalue weighted by Crippen LogP contribution is -2.38. The number of amides is 1. The first-order valence-corrected chi connectivity index (χ1v) is 8.51. The van der Waals surface area contributed by atoms with Crippen molar-refractivity contribution < 1.29 is 4.79 Å². The fourth-order valence-corrected chi connectivity index (χ4v) is 4.01. The maximum Gasteiger partial charge on any atom is 0.238 e. The quantitative estimate of drug-likeness (QED) is 0.888. The third-order valence-electron chi connectivity index (χ3n) is 4.80. The zero-order chi connectivity index (χ0) is 15.7. The highest BCUT2D eigenvalue weighted by molar-refractivity contribution is 6.42. The van der Waals surface area contributed by atoms with Crippen LogP contribution in [-0.4, -0.2) is 36.5 Å². The molecule has 0 bridgehead atoms. The Morgan fingerprint density at radius 1 is 1.27 bits per heavy atom. The van der Waals surface area contributed by atoms with E-state index in [-0.39, 0.29) is 5.91 Å². The molecule has 120 valence electrons. The molecule has 3 atom stereocenters. The third-order valence-corrected chi connectivity index (χ3v) is 5.54. The highest BCUT2D eigenvalue weighted by Crippen LogP contribution is 2.35. The van der Waals surface area contributed by atoms with E-state index in [0.717, 1.165) is 19.5 Å². The standard InChI is InChI=1S/C16H21Cl2N3O/c17-13-5-4-11(6-14(13)18)20-16(22)9-21-7-10-2-1-3-15(19)12(10)8-21/h4-6,10,12,15H,1-3,7-9,19H2,(H,20,22). The summed E-state index contributed by atoms with van der Waals surface area (Å²) < 4.78 is 0. The SMILES string of the molecule is NC1CCCC2CN(CC(=O)Nc3ccc(Cl)c(Cl)c3)CC12. The highest BCUT2D eigenvalue weighted by Gasteiger charge is 2.38. The molecule has 1 aromatic rings.